The fourth-order valence-electron chi connectivity index (χ4n) is 2.08. The lowest BCUT2D eigenvalue weighted by molar-refractivity contribution is 0.753. The molecule has 3 nitrogen and oxygen atoms in total. The highest BCUT2D eigenvalue weighted by Crippen LogP contribution is 2.27. The molecule has 1 aliphatic heterocycles. The molecule has 0 amide bonds. The van der Waals surface area contributed by atoms with Gasteiger partial charge in [-0.15, -0.1) is 11.8 Å². The van der Waals surface area contributed by atoms with Gasteiger partial charge in [-0.3, -0.25) is 0 Å². The van der Waals surface area contributed by atoms with E-state index in [9.17, 15) is 0 Å². The van der Waals surface area contributed by atoms with E-state index in [0.29, 0.717) is 0 Å². The minimum atomic E-state index is 0.269. The average molecular weight is 265 g/mol. The second-order valence-corrected chi connectivity index (χ2v) is 7.57. The first kappa shape index (κ1) is 13.8. The maximum Gasteiger partial charge on any atom is 0.138 e. The van der Waals surface area contributed by atoms with Crippen LogP contribution in [0.4, 0.5) is 0 Å². The normalized spacial score (nSPS) is 14.9. The van der Waals surface area contributed by atoms with Crippen LogP contribution in [-0.2, 0) is 25.3 Å². The molecule has 0 radical (unpaired) electrons. The van der Waals surface area contributed by atoms with Crippen LogP contribution in [0.3, 0.4) is 0 Å². The lowest BCUT2D eigenvalue weighted by Crippen LogP contribution is -2.10. The van der Waals surface area contributed by atoms with Crippen molar-refractivity contribution in [2.24, 2.45) is 0 Å². The zero-order valence-corrected chi connectivity index (χ0v) is 12.7. The van der Waals surface area contributed by atoms with Crippen molar-refractivity contribution in [3.8, 4) is 0 Å². The monoisotopic (exact) mass is 265 g/mol. The predicted octanol–water partition coefficient (Wildman–Crippen LogP) is 3.06. The lowest BCUT2D eigenvalue weighted by Gasteiger charge is -2.17. The summed E-state index contributed by atoms with van der Waals surface area (Å²) in [5, 5.41) is 3.38. The first-order chi connectivity index (χ1) is 8.49. The molecule has 18 heavy (non-hydrogen) atoms. The summed E-state index contributed by atoms with van der Waals surface area (Å²) < 4.78 is 0.269. The van der Waals surface area contributed by atoms with Gasteiger partial charge in [0.2, 0.25) is 0 Å². The van der Waals surface area contributed by atoms with Crippen molar-refractivity contribution in [3.63, 3.8) is 0 Å². The first-order valence-corrected chi connectivity index (χ1v) is 7.70. The van der Waals surface area contributed by atoms with E-state index in [1.54, 1.807) is 0 Å². The Labute approximate surface area is 114 Å². The molecule has 0 unspecified atom stereocenters. The van der Waals surface area contributed by atoms with Crippen LogP contribution in [-0.4, -0.2) is 14.7 Å². The van der Waals surface area contributed by atoms with Crippen LogP contribution in [0.25, 0.3) is 0 Å². The summed E-state index contributed by atoms with van der Waals surface area (Å²) in [6.45, 7) is 10.8. The molecule has 1 N–H and O–H groups in total. The van der Waals surface area contributed by atoms with Crippen molar-refractivity contribution < 1.29 is 0 Å². The second kappa shape index (κ2) is 5.57. The summed E-state index contributed by atoms with van der Waals surface area (Å²) in [6, 6.07) is 0. The smallest absolute Gasteiger partial charge is 0.138 e. The molecular weight excluding hydrogens is 242 g/mol. The van der Waals surface area contributed by atoms with Crippen molar-refractivity contribution in [1.82, 2.24) is 15.3 Å². The summed E-state index contributed by atoms with van der Waals surface area (Å²) in [5.74, 6) is 1.91. The summed E-state index contributed by atoms with van der Waals surface area (Å²) in [6.07, 6.45) is 2.22. The van der Waals surface area contributed by atoms with Crippen molar-refractivity contribution in [1.29, 1.82) is 0 Å². The Balaban J connectivity index is 2.19. The lowest BCUT2D eigenvalue weighted by atomic mass is 10.1. The molecule has 2 heterocycles. The maximum atomic E-state index is 4.77. The maximum absolute atomic E-state index is 4.77. The first-order valence-electron chi connectivity index (χ1n) is 6.72. The number of nitrogens with one attached hydrogen (secondary N) is 1. The molecule has 0 spiro atoms. The van der Waals surface area contributed by atoms with Gasteiger partial charge < -0.3 is 5.32 Å². The molecule has 0 saturated carbocycles. The number of nitrogens with zero attached hydrogens (tertiary/aromatic N) is 2. The number of rotatable bonds is 4. The van der Waals surface area contributed by atoms with Gasteiger partial charge in [0.15, 0.2) is 0 Å². The molecule has 1 aliphatic rings. The highest BCUT2D eigenvalue weighted by atomic mass is 32.2. The largest absolute Gasteiger partial charge is 0.307 e. The SMILES string of the molecule is CCCc1nc(CSC(C)(C)C)nc2c1CNC2. The van der Waals surface area contributed by atoms with E-state index in [1.165, 1.54) is 17.0 Å². The van der Waals surface area contributed by atoms with Crippen molar-refractivity contribution in [2.45, 2.75) is 64.1 Å². The van der Waals surface area contributed by atoms with E-state index in [2.05, 4.69) is 33.0 Å². The number of hydrogen-bond acceptors (Lipinski definition) is 4. The van der Waals surface area contributed by atoms with Crippen LogP contribution in [0.5, 0.6) is 0 Å². The fourth-order valence-corrected chi connectivity index (χ4v) is 2.77. The molecule has 0 aliphatic carbocycles. The quantitative estimate of drug-likeness (QED) is 0.908. The predicted molar refractivity (Wildman–Crippen MR) is 77.6 cm³/mol. The molecule has 100 valence electrons. The third kappa shape index (κ3) is 3.45. The minimum Gasteiger partial charge on any atom is -0.307 e. The average Bonchev–Trinajstić information content (AvgIpc) is 2.74. The van der Waals surface area contributed by atoms with E-state index in [-0.39, 0.29) is 4.75 Å². The van der Waals surface area contributed by atoms with E-state index in [0.717, 1.165) is 37.5 Å². The van der Waals surface area contributed by atoms with E-state index < -0.39 is 0 Å². The van der Waals surface area contributed by atoms with Crippen LogP contribution in [0, 0.1) is 0 Å². The van der Waals surface area contributed by atoms with Gasteiger partial charge >= 0.3 is 0 Å². The Morgan fingerprint density at radius 1 is 1.22 bits per heavy atom. The van der Waals surface area contributed by atoms with E-state index in [4.69, 9.17) is 9.97 Å². The second-order valence-electron chi connectivity index (χ2n) is 5.77. The molecule has 0 fully saturated rings. The molecule has 0 saturated heterocycles. The van der Waals surface area contributed by atoms with E-state index in [1.807, 2.05) is 11.8 Å². The summed E-state index contributed by atoms with van der Waals surface area (Å²) in [4.78, 5) is 9.47. The minimum absolute atomic E-state index is 0.269. The Morgan fingerprint density at radius 3 is 2.67 bits per heavy atom. The standard InChI is InChI=1S/C14H23N3S/c1-5-6-11-10-7-15-8-12(10)17-13(16-11)9-18-14(2,3)4/h15H,5-9H2,1-4H3. The summed E-state index contributed by atoms with van der Waals surface area (Å²) in [5.41, 5.74) is 3.83. The van der Waals surface area contributed by atoms with Gasteiger partial charge in [0.25, 0.3) is 0 Å². The Morgan fingerprint density at radius 2 is 2.00 bits per heavy atom. The highest BCUT2D eigenvalue weighted by Gasteiger charge is 2.19. The number of fused-ring (bicyclic) bond motifs is 1. The van der Waals surface area contributed by atoms with Gasteiger partial charge in [0.1, 0.15) is 5.82 Å². The molecular formula is C14H23N3S. The molecule has 1 aromatic rings. The number of aryl methyl sites for hydroxylation is 1. The van der Waals surface area contributed by atoms with Crippen molar-refractivity contribution in [2.75, 3.05) is 0 Å². The fraction of sp³-hybridized carbons (Fsp3) is 0.714. The molecule has 0 atom stereocenters. The van der Waals surface area contributed by atoms with Gasteiger partial charge in [-0.2, -0.15) is 0 Å². The highest BCUT2D eigenvalue weighted by molar-refractivity contribution is 7.99. The Bertz CT molecular complexity index is 424. The van der Waals surface area contributed by atoms with Gasteiger partial charge in [0, 0.05) is 29.1 Å². The molecule has 1 aromatic heterocycles. The van der Waals surface area contributed by atoms with Gasteiger partial charge in [-0.25, -0.2) is 9.97 Å². The van der Waals surface area contributed by atoms with Crippen LogP contribution >= 0.6 is 11.8 Å². The van der Waals surface area contributed by atoms with Gasteiger partial charge in [-0.1, -0.05) is 34.1 Å². The van der Waals surface area contributed by atoms with Crippen molar-refractivity contribution >= 4 is 11.8 Å². The van der Waals surface area contributed by atoms with Crippen LogP contribution in [0.1, 0.15) is 56.9 Å². The Hall–Kier alpha value is -0.610. The molecule has 0 aromatic carbocycles. The zero-order valence-electron chi connectivity index (χ0n) is 11.8. The number of thioether (sulfide) groups is 1. The molecule has 4 heteroatoms. The third-order valence-electron chi connectivity index (χ3n) is 2.94. The van der Waals surface area contributed by atoms with Gasteiger partial charge in [0.05, 0.1) is 11.4 Å². The molecule has 0 bridgehead atoms. The topological polar surface area (TPSA) is 37.8 Å². The van der Waals surface area contributed by atoms with Crippen LogP contribution in [0.15, 0.2) is 0 Å². The Kier molecular flexibility index (Phi) is 4.28. The number of aromatic nitrogens is 2. The zero-order chi connectivity index (χ0) is 13.2. The van der Waals surface area contributed by atoms with Crippen LogP contribution < -0.4 is 5.32 Å². The third-order valence-corrected chi connectivity index (χ3v) is 4.21. The van der Waals surface area contributed by atoms with Gasteiger partial charge in [-0.05, 0) is 6.42 Å². The van der Waals surface area contributed by atoms with E-state index >= 15 is 0 Å². The van der Waals surface area contributed by atoms with Crippen LogP contribution in [0.2, 0.25) is 0 Å². The van der Waals surface area contributed by atoms with Crippen molar-refractivity contribution in [3.05, 3.63) is 22.8 Å². The molecule has 2 rings (SSSR count). The summed E-state index contributed by atoms with van der Waals surface area (Å²) >= 11 is 1.91. The number of hydrogen-bond donors (Lipinski definition) is 1. The summed E-state index contributed by atoms with van der Waals surface area (Å²) in [7, 11) is 0.